The average Bonchev–Trinajstić information content (AvgIpc) is 2.67. The fourth-order valence-electron chi connectivity index (χ4n) is 3.91. The highest BCUT2D eigenvalue weighted by Crippen LogP contribution is 2.41. The second-order valence-corrected chi connectivity index (χ2v) is 7.03. The van der Waals surface area contributed by atoms with Crippen LogP contribution in [0.15, 0.2) is 36.5 Å². The average molecular weight is 340 g/mol. The van der Waals surface area contributed by atoms with Crippen molar-refractivity contribution in [3.05, 3.63) is 42.2 Å². The van der Waals surface area contributed by atoms with E-state index in [-0.39, 0.29) is 11.5 Å². The molecule has 2 saturated heterocycles. The summed E-state index contributed by atoms with van der Waals surface area (Å²) in [6.45, 7) is 5.24. The number of hydrogen-bond donors (Lipinski definition) is 0. The summed E-state index contributed by atoms with van der Waals surface area (Å²) in [7, 11) is 0. The maximum Gasteiger partial charge on any atom is 0.213 e. The molecule has 2 fully saturated rings. The van der Waals surface area contributed by atoms with Gasteiger partial charge in [0.05, 0.1) is 18.4 Å². The smallest absolute Gasteiger partial charge is 0.213 e. The van der Waals surface area contributed by atoms with Crippen molar-refractivity contribution in [1.82, 2.24) is 15.2 Å². The van der Waals surface area contributed by atoms with Gasteiger partial charge in [-0.05, 0) is 44.4 Å². The van der Waals surface area contributed by atoms with Gasteiger partial charge in [0.15, 0.2) is 5.82 Å². The Morgan fingerprint density at radius 3 is 3.04 bits per heavy atom. The van der Waals surface area contributed by atoms with Gasteiger partial charge >= 0.3 is 0 Å². The van der Waals surface area contributed by atoms with Gasteiger partial charge in [-0.2, -0.15) is 5.10 Å². The normalized spacial score (nSPS) is 26.1. The molecule has 0 aromatic carbocycles. The van der Waals surface area contributed by atoms with Crippen molar-refractivity contribution < 1.29 is 9.47 Å². The summed E-state index contributed by atoms with van der Waals surface area (Å²) in [5.74, 6) is 1.61. The number of fused-ring (bicyclic) bond motifs is 1. The first-order chi connectivity index (χ1) is 12.3. The number of hydrogen-bond acceptors (Lipinski definition) is 6. The first-order valence-electron chi connectivity index (χ1n) is 8.96. The van der Waals surface area contributed by atoms with Gasteiger partial charge in [0, 0.05) is 37.4 Å². The predicted octanol–water partition coefficient (Wildman–Crippen LogP) is 2.63. The van der Waals surface area contributed by atoms with Gasteiger partial charge in [0.25, 0.3) is 0 Å². The lowest BCUT2D eigenvalue weighted by Crippen LogP contribution is -2.57. The lowest BCUT2D eigenvalue weighted by atomic mass is 9.73. The Labute approximate surface area is 148 Å². The molecule has 4 heterocycles. The van der Waals surface area contributed by atoms with E-state index in [0.717, 1.165) is 50.5 Å². The molecule has 0 unspecified atom stereocenters. The maximum atomic E-state index is 6.11. The maximum absolute atomic E-state index is 6.11. The SMILES string of the molecule is Cc1ccc(N2CC[C@H]3OCCC[C@]3(COc3ccccn3)C2)nn1. The third-order valence-corrected chi connectivity index (χ3v) is 5.24. The van der Waals surface area contributed by atoms with E-state index in [9.17, 15) is 0 Å². The van der Waals surface area contributed by atoms with Crippen LogP contribution in [0.4, 0.5) is 5.82 Å². The third kappa shape index (κ3) is 3.44. The first-order valence-corrected chi connectivity index (χ1v) is 8.96. The molecule has 2 aliphatic heterocycles. The largest absolute Gasteiger partial charge is 0.477 e. The van der Waals surface area contributed by atoms with Crippen LogP contribution in [0.1, 0.15) is 25.0 Å². The van der Waals surface area contributed by atoms with Crippen molar-refractivity contribution in [3.63, 3.8) is 0 Å². The molecule has 2 aromatic heterocycles. The van der Waals surface area contributed by atoms with Crippen LogP contribution < -0.4 is 9.64 Å². The molecule has 2 aliphatic rings. The van der Waals surface area contributed by atoms with Crippen molar-refractivity contribution in [2.75, 3.05) is 31.2 Å². The van der Waals surface area contributed by atoms with Crippen molar-refractivity contribution in [2.45, 2.75) is 32.3 Å². The highest BCUT2D eigenvalue weighted by atomic mass is 16.5. The minimum absolute atomic E-state index is 0.0272. The standard InChI is InChI=1S/C19H24N4O2/c1-15-6-7-17(22-21-15)23-11-8-16-19(13-23,9-4-12-24-16)14-25-18-5-2-3-10-20-18/h2-3,5-7,10,16H,4,8-9,11-14H2,1H3/t16-,19-/m1/s1. The van der Waals surface area contributed by atoms with Gasteiger partial charge in [0.1, 0.15) is 0 Å². The fraction of sp³-hybridized carbons (Fsp3) is 0.526. The molecular formula is C19H24N4O2. The molecule has 6 nitrogen and oxygen atoms in total. The molecule has 0 radical (unpaired) electrons. The van der Waals surface area contributed by atoms with E-state index in [0.29, 0.717) is 12.5 Å². The van der Waals surface area contributed by atoms with E-state index in [1.807, 2.05) is 31.2 Å². The topological polar surface area (TPSA) is 60.4 Å². The summed E-state index contributed by atoms with van der Waals surface area (Å²) in [4.78, 5) is 6.60. The van der Waals surface area contributed by atoms with Crippen LogP contribution >= 0.6 is 0 Å². The first kappa shape index (κ1) is 16.3. The van der Waals surface area contributed by atoms with Gasteiger partial charge < -0.3 is 14.4 Å². The van der Waals surface area contributed by atoms with Crippen molar-refractivity contribution in [1.29, 1.82) is 0 Å². The number of ether oxygens (including phenoxy) is 2. The number of rotatable bonds is 4. The summed E-state index contributed by atoms with van der Waals surface area (Å²) < 4.78 is 12.2. The molecule has 0 bridgehead atoms. The van der Waals surface area contributed by atoms with E-state index < -0.39 is 0 Å². The van der Waals surface area contributed by atoms with Gasteiger partial charge in [-0.1, -0.05) is 6.07 Å². The molecule has 0 saturated carbocycles. The van der Waals surface area contributed by atoms with E-state index in [2.05, 4.69) is 26.1 Å². The van der Waals surface area contributed by atoms with E-state index in [4.69, 9.17) is 9.47 Å². The number of aryl methyl sites for hydroxylation is 1. The Morgan fingerprint density at radius 1 is 1.28 bits per heavy atom. The number of nitrogens with zero attached hydrogens (tertiary/aromatic N) is 4. The Kier molecular flexibility index (Phi) is 4.53. The van der Waals surface area contributed by atoms with Crippen LogP contribution in [-0.2, 0) is 4.74 Å². The van der Waals surface area contributed by atoms with Crippen LogP contribution in [0, 0.1) is 12.3 Å². The van der Waals surface area contributed by atoms with Crippen molar-refractivity contribution in [2.24, 2.45) is 5.41 Å². The zero-order chi connectivity index (χ0) is 17.1. The van der Waals surface area contributed by atoms with Crippen LogP contribution in [0.25, 0.3) is 0 Å². The summed E-state index contributed by atoms with van der Waals surface area (Å²) in [5, 5.41) is 8.58. The summed E-state index contributed by atoms with van der Waals surface area (Å²) >= 11 is 0. The number of aromatic nitrogens is 3. The molecular weight excluding hydrogens is 316 g/mol. The third-order valence-electron chi connectivity index (χ3n) is 5.24. The zero-order valence-electron chi connectivity index (χ0n) is 14.6. The molecule has 0 aliphatic carbocycles. The quantitative estimate of drug-likeness (QED) is 0.853. The minimum atomic E-state index is -0.0272. The van der Waals surface area contributed by atoms with Crippen LogP contribution in [-0.4, -0.2) is 47.6 Å². The minimum Gasteiger partial charge on any atom is -0.477 e. The van der Waals surface area contributed by atoms with Crippen molar-refractivity contribution in [3.8, 4) is 5.88 Å². The molecule has 25 heavy (non-hydrogen) atoms. The van der Waals surface area contributed by atoms with Gasteiger partial charge in [-0.25, -0.2) is 4.98 Å². The molecule has 2 atom stereocenters. The van der Waals surface area contributed by atoms with Gasteiger partial charge in [-0.3, -0.25) is 0 Å². The Balaban J connectivity index is 1.53. The molecule has 0 amide bonds. The Hall–Kier alpha value is -2.21. The summed E-state index contributed by atoms with van der Waals surface area (Å²) in [6, 6.07) is 9.82. The van der Waals surface area contributed by atoms with E-state index >= 15 is 0 Å². The molecule has 0 N–H and O–H groups in total. The lowest BCUT2D eigenvalue weighted by Gasteiger charge is -2.50. The number of piperidine rings is 1. The highest BCUT2D eigenvalue weighted by molar-refractivity contribution is 5.39. The van der Waals surface area contributed by atoms with E-state index in [1.165, 1.54) is 0 Å². The molecule has 132 valence electrons. The van der Waals surface area contributed by atoms with Crippen LogP contribution in [0.5, 0.6) is 5.88 Å². The summed E-state index contributed by atoms with van der Waals surface area (Å²) in [5.41, 5.74) is 0.911. The molecule has 0 spiro atoms. The second kappa shape index (κ2) is 6.96. The van der Waals surface area contributed by atoms with Gasteiger partial charge in [-0.15, -0.1) is 5.10 Å². The lowest BCUT2D eigenvalue weighted by molar-refractivity contribution is -0.110. The van der Waals surface area contributed by atoms with Crippen LogP contribution in [0.3, 0.4) is 0 Å². The highest BCUT2D eigenvalue weighted by Gasteiger charge is 2.47. The monoisotopic (exact) mass is 340 g/mol. The number of pyridine rings is 1. The van der Waals surface area contributed by atoms with Gasteiger partial charge in [0.2, 0.25) is 5.88 Å². The van der Waals surface area contributed by atoms with Crippen molar-refractivity contribution >= 4 is 5.82 Å². The fourth-order valence-corrected chi connectivity index (χ4v) is 3.91. The van der Waals surface area contributed by atoms with E-state index in [1.54, 1.807) is 6.20 Å². The molecule has 6 heteroatoms. The molecule has 2 aromatic rings. The Morgan fingerprint density at radius 2 is 2.24 bits per heavy atom. The van der Waals surface area contributed by atoms with Crippen LogP contribution in [0.2, 0.25) is 0 Å². The Bertz CT molecular complexity index is 694. The summed E-state index contributed by atoms with van der Waals surface area (Å²) in [6.07, 6.45) is 5.15. The predicted molar refractivity (Wildman–Crippen MR) is 94.7 cm³/mol. The molecule has 4 rings (SSSR count). The second-order valence-electron chi connectivity index (χ2n) is 7.03. The zero-order valence-corrected chi connectivity index (χ0v) is 14.6. The number of anilines is 1.